The SMILES string of the molecule is CC(C)[C@H](N)C(=O)[C@@H]1C(=O)N(OCc2ccccc2)C(=O)[C@H]1C.Cl. The third-order valence-electron chi connectivity index (χ3n) is 4.11. The number of Topliss-reactive ketones (excluding diaryl/α,β-unsaturated/α-hetero) is 1. The summed E-state index contributed by atoms with van der Waals surface area (Å²) in [5.74, 6) is -3.44. The molecular formula is C17H23ClN2O4. The number of ketones is 1. The van der Waals surface area contributed by atoms with Crippen LogP contribution < -0.4 is 5.73 Å². The van der Waals surface area contributed by atoms with Gasteiger partial charge in [0.1, 0.15) is 12.5 Å². The predicted octanol–water partition coefficient (Wildman–Crippen LogP) is 1.71. The van der Waals surface area contributed by atoms with Gasteiger partial charge < -0.3 is 5.73 Å². The molecule has 0 aromatic heterocycles. The van der Waals surface area contributed by atoms with E-state index in [1.165, 1.54) is 0 Å². The van der Waals surface area contributed by atoms with Crippen LogP contribution in [0.5, 0.6) is 0 Å². The van der Waals surface area contributed by atoms with Gasteiger partial charge in [0.2, 0.25) is 0 Å². The standard InChI is InChI=1S/C17H22N2O4.ClH/c1-10(2)14(18)15(20)13-11(3)16(21)19(17(13)22)23-9-12-7-5-4-6-8-12;/h4-8,10-11,13-14H,9,18H2,1-3H3;1H/t11-,13+,14-;/m0./s1. The maximum absolute atomic E-state index is 12.4. The molecule has 1 fully saturated rings. The molecule has 0 radical (unpaired) electrons. The number of nitrogens with zero attached hydrogens (tertiary/aromatic N) is 1. The molecule has 1 saturated heterocycles. The lowest BCUT2D eigenvalue weighted by Gasteiger charge is -2.19. The van der Waals surface area contributed by atoms with Crippen molar-refractivity contribution in [3.8, 4) is 0 Å². The van der Waals surface area contributed by atoms with Crippen molar-refractivity contribution in [1.29, 1.82) is 0 Å². The molecule has 1 aromatic carbocycles. The van der Waals surface area contributed by atoms with Gasteiger partial charge in [-0.05, 0) is 11.5 Å². The van der Waals surface area contributed by atoms with E-state index in [2.05, 4.69) is 0 Å². The number of hydrogen-bond donors (Lipinski definition) is 1. The second-order valence-electron chi connectivity index (χ2n) is 6.17. The van der Waals surface area contributed by atoms with E-state index in [9.17, 15) is 14.4 Å². The van der Waals surface area contributed by atoms with E-state index in [0.29, 0.717) is 5.06 Å². The highest BCUT2D eigenvalue weighted by atomic mass is 35.5. The maximum atomic E-state index is 12.4. The fourth-order valence-corrected chi connectivity index (χ4v) is 2.52. The molecule has 1 heterocycles. The van der Waals surface area contributed by atoms with Crippen LogP contribution in [0.2, 0.25) is 0 Å². The number of benzene rings is 1. The minimum absolute atomic E-state index is 0. The van der Waals surface area contributed by atoms with Crippen LogP contribution in [0, 0.1) is 17.8 Å². The molecule has 2 amide bonds. The molecule has 1 aliphatic rings. The average molecular weight is 355 g/mol. The molecular weight excluding hydrogens is 332 g/mol. The summed E-state index contributed by atoms with van der Waals surface area (Å²) in [5.41, 5.74) is 6.68. The van der Waals surface area contributed by atoms with E-state index in [4.69, 9.17) is 10.6 Å². The van der Waals surface area contributed by atoms with Crippen LogP contribution in [0.4, 0.5) is 0 Å². The molecule has 1 aliphatic heterocycles. The molecule has 0 spiro atoms. The summed E-state index contributed by atoms with van der Waals surface area (Å²) in [6.45, 7) is 5.25. The lowest BCUT2D eigenvalue weighted by Crippen LogP contribution is -2.43. The highest BCUT2D eigenvalue weighted by molar-refractivity contribution is 6.15. The molecule has 0 unspecified atom stereocenters. The van der Waals surface area contributed by atoms with Crippen molar-refractivity contribution < 1.29 is 19.2 Å². The van der Waals surface area contributed by atoms with Crippen molar-refractivity contribution in [2.45, 2.75) is 33.4 Å². The van der Waals surface area contributed by atoms with Gasteiger partial charge >= 0.3 is 0 Å². The quantitative estimate of drug-likeness (QED) is 0.620. The fraction of sp³-hybridized carbons (Fsp3) is 0.471. The van der Waals surface area contributed by atoms with Crippen molar-refractivity contribution in [2.24, 2.45) is 23.5 Å². The van der Waals surface area contributed by atoms with Gasteiger partial charge in [0.05, 0.1) is 12.0 Å². The molecule has 1 aromatic rings. The molecule has 7 heteroatoms. The van der Waals surface area contributed by atoms with Crippen molar-refractivity contribution in [2.75, 3.05) is 0 Å². The van der Waals surface area contributed by atoms with E-state index in [0.717, 1.165) is 5.56 Å². The van der Waals surface area contributed by atoms with Crippen LogP contribution in [0.25, 0.3) is 0 Å². The molecule has 3 atom stereocenters. The summed E-state index contributed by atoms with van der Waals surface area (Å²) in [5, 5.41) is 0.716. The maximum Gasteiger partial charge on any atom is 0.264 e. The minimum atomic E-state index is -1.06. The Morgan fingerprint density at radius 3 is 2.33 bits per heavy atom. The van der Waals surface area contributed by atoms with Crippen molar-refractivity contribution in [3.05, 3.63) is 35.9 Å². The second-order valence-corrected chi connectivity index (χ2v) is 6.17. The van der Waals surface area contributed by atoms with E-state index in [-0.39, 0.29) is 24.9 Å². The van der Waals surface area contributed by atoms with Gasteiger partial charge in [-0.2, -0.15) is 5.06 Å². The molecule has 2 rings (SSSR count). The Kier molecular flexibility index (Phi) is 7.08. The number of hydroxylamine groups is 2. The minimum Gasteiger partial charge on any atom is -0.321 e. The Bertz CT molecular complexity index is 606. The molecule has 0 bridgehead atoms. The summed E-state index contributed by atoms with van der Waals surface area (Å²) in [7, 11) is 0. The van der Waals surface area contributed by atoms with E-state index < -0.39 is 35.5 Å². The highest BCUT2D eigenvalue weighted by Crippen LogP contribution is 2.29. The van der Waals surface area contributed by atoms with Gasteiger partial charge in [0, 0.05) is 0 Å². The normalized spacial score (nSPS) is 21.8. The highest BCUT2D eigenvalue weighted by Gasteiger charge is 2.51. The van der Waals surface area contributed by atoms with Gasteiger partial charge in [0.25, 0.3) is 11.8 Å². The summed E-state index contributed by atoms with van der Waals surface area (Å²) >= 11 is 0. The molecule has 24 heavy (non-hydrogen) atoms. The fourth-order valence-electron chi connectivity index (χ4n) is 2.52. The molecule has 6 nitrogen and oxygen atoms in total. The number of hydrogen-bond acceptors (Lipinski definition) is 5. The van der Waals surface area contributed by atoms with Gasteiger partial charge in [-0.25, -0.2) is 0 Å². The average Bonchev–Trinajstić information content (AvgIpc) is 2.75. The second kappa shape index (κ2) is 8.37. The van der Waals surface area contributed by atoms with Gasteiger partial charge in [-0.3, -0.25) is 19.2 Å². The van der Waals surface area contributed by atoms with Crippen LogP contribution in [0.15, 0.2) is 30.3 Å². The van der Waals surface area contributed by atoms with E-state index in [1.807, 2.05) is 30.3 Å². The monoisotopic (exact) mass is 354 g/mol. The number of carbonyl (C=O) groups excluding carboxylic acids is 3. The Balaban J connectivity index is 0.00000288. The molecule has 2 N–H and O–H groups in total. The molecule has 0 saturated carbocycles. The van der Waals surface area contributed by atoms with Crippen molar-refractivity contribution in [1.82, 2.24) is 5.06 Å². The number of rotatable bonds is 6. The Labute approximate surface area is 147 Å². The lowest BCUT2D eigenvalue weighted by molar-refractivity contribution is -0.193. The number of nitrogens with two attached hydrogens (primary N) is 1. The third-order valence-corrected chi connectivity index (χ3v) is 4.11. The first-order valence-electron chi connectivity index (χ1n) is 7.68. The summed E-state index contributed by atoms with van der Waals surface area (Å²) in [6.07, 6.45) is 0. The van der Waals surface area contributed by atoms with E-state index in [1.54, 1.807) is 20.8 Å². The van der Waals surface area contributed by atoms with Crippen molar-refractivity contribution >= 4 is 30.0 Å². The van der Waals surface area contributed by atoms with Gasteiger partial charge in [-0.1, -0.05) is 51.1 Å². The van der Waals surface area contributed by atoms with Gasteiger partial charge in [-0.15, -0.1) is 12.4 Å². The topological polar surface area (TPSA) is 89.7 Å². The summed E-state index contributed by atoms with van der Waals surface area (Å²) in [4.78, 5) is 42.4. The van der Waals surface area contributed by atoms with Crippen LogP contribution in [-0.2, 0) is 25.8 Å². The summed E-state index contributed by atoms with van der Waals surface area (Å²) < 4.78 is 0. The number of amides is 2. The van der Waals surface area contributed by atoms with Crippen molar-refractivity contribution in [3.63, 3.8) is 0 Å². The largest absolute Gasteiger partial charge is 0.321 e. The first-order chi connectivity index (χ1) is 10.8. The van der Waals surface area contributed by atoms with E-state index >= 15 is 0 Å². The van der Waals surface area contributed by atoms with Crippen LogP contribution in [0.1, 0.15) is 26.3 Å². The number of imide groups is 1. The smallest absolute Gasteiger partial charge is 0.264 e. The zero-order valence-electron chi connectivity index (χ0n) is 14.0. The van der Waals surface area contributed by atoms with Gasteiger partial charge in [0.15, 0.2) is 5.78 Å². The zero-order chi connectivity index (χ0) is 17.1. The Hall–Kier alpha value is -1.76. The molecule has 0 aliphatic carbocycles. The van der Waals surface area contributed by atoms with Crippen LogP contribution in [0.3, 0.4) is 0 Å². The predicted molar refractivity (Wildman–Crippen MR) is 90.8 cm³/mol. The molecule has 132 valence electrons. The Morgan fingerprint density at radius 1 is 1.21 bits per heavy atom. The third kappa shape index (κ3) is 4.01. The first kappa shape index (κ1) is 20.3. The zero-order valence-corrected chi connectivity index (χ0v) is 14.8. The Morgan fingerprint density at radius 2 is 1.79 bits per heavy atom. The first-order valence-corrected chi connectivity index (χ1v) is 7.68. The lowest BCUT2D eigenvalue weighted by atomic mass is 9.85. The number of carbonyl (C=O) groups is 3. The number of halogens is 1. The van der Waals surface area contributed by atoms with Crippen LogP contribution >= 0.6 is 12.4 Å². The van der Waals surface area contributed by atoms with Crippen LogP contribution in [-0.4, -0.2) is 28.7 Å². The summed E-state index contributed by atoms with van der Waals surface area (Å²) in [6, 6.07) is 8.41.